The summed E-state index contributed by atoms with van der Waals surface area (Å²) in [7, 11) is 0. The molecule has 1 N–H and O–H groups in total. The van der Waals surface area contributed by atoms with Gasteiger partial charge in [-0.3, -0.25) is 19.7 Å². The average Bonchev–Trinajstić information content (AvgIpc) is 2.78. The Morgan fingerprint density at radius 1 is 1.10 bits per heavy atom. The molecule has 9 nitrogen and oxygen atoms in total. The van der Waals surface area contributed by atoms with E-state index in [1.54, 1.807) is 30.3 Å². The maximum absolute atomic E-state index is 12.5. The van der Waals surface area contributed by atoms with E-state index in [4.69, 9.17) is 16.3 Å². The smallest absolute Gasteiger partial charge is 0.329 e. The van der Waals surface area contributed by atoms with Crippen molar-refractivity contribution in [3.05, 3.63) is 75.8 Å². The lowest BCUT2D eigenvalue weighted by molar-refractivity contribution is -0.384. The molecule has 1 fully saturated rings. The van der Waals surface area contributed by atoms with E-state index in [-0.39, 0.29) is 37.2 Å². The van der Waals surface area contributed by atoms with Crippen LogP contribution in [0.2, 0.25) is 0 Å². The van der Waals surface area contributed by atoms with Crippen LogP contribution in [0.25, 0.3) is 0 Å². The molecule has 2 atom stereocenters. The van der Waals surface area contributed by atoms with Gasteiger partial charge in [-0.15, -0.1) is 0 Å². The molecule has 1 saturated heterocycles. The Balaban J connectivity index is 1.57. The number of non-ortho nitro benzene ring substituents is 1. The van der Waals surface area contributed by atoms with Crippen LogP contribution in [0.15, 0.2) is 54.6 Å². The van der Waals surface area contributed by atoms with E-state index in [9.17, 15) is 24.5 Å². The van der Waals surface area contributed by atoms with E-state index in [2.05, 4.69) is 5.32 Å². The van der Waals surface area contributed by atoms with Gasteiger partial charge in [-0.2, -0.15) is 0 Å². The standard InChI is InChI=1S/C21H20ClN3O6/c22-21(28)24-12-16(23-19(26)15-4-2-1-3-5-15)8-11-18(24)20(27)31-13-14-6-9-17(10-7-14)25(29)30/h1-7,9-10,16,18H,8,11-13H2,(H,23,26)/t16-,18+/m0/s1. The van der Waals surface area contributed by atoms with Crippen LogP contribution in [0.4, 0.5) is 10.5 Å². The molecule has 0 aromatic heterocycles. The number of nitrogens with one attached hydrogen (secondary N) is 1. The van der Waals surface area contributed by atoms with Crippen LogP contribution >= 0.6 is 11.6 Å². The van der Waals surface area contributed by atoms with E-state index in [0.717, 1.165) is 0 Å². The van der Waals surface area contributed by atoms with Gasteiger partial charge in [0.15, 0.2) is 0 Å². The number of nitrogens with zero attached hydrogens (tertiary/aromatic N) is 2. The number of hydrogen-bond acceptors (Lipinski definition) is 6. The van der Waals surface area contributed by atoms with Gasteiger partial charge in [0.1, 0.15) is 12.6 Å². The van der Waals surface area contributed by atoms with Gasteiger partial charge in [0, 0.05) is 30.3 Å². The summed E-state index contributed by atoms with van der Waals surface area (Å²) < 4.78 is 5.29. The molecule has 0 bridgehead atoms. The summed E-state index contributed by atoms with van der Waals surface area (Å²) in [5.41, 5.74) is 1.01. The first-order valence-electron chi connectivity index (χ1n) is 9.57. The molecule has 0 unspecified atom stereocenters. The lowest BCUT2D eigenvalue weighted by atomic mass is 9.98. The molecule has 0 spiro atoms. The molecule has 3 rings (SSSR count). The number of nitro benzene ring substituents is 1. The van der Waals surface area contributed by atoms with Crippen molar-refractivity contribution in [3.8, 4) is 0 Å². The third-order valence-electron chi connectivity index (χ3n) is 4.98. The van der Waals surface area contributed by atoms with Crippen LogP contribution in [-0.4, -0.2) is 45.7 Å². The lowest BCUT2D eigenvalue weighted by Crippen LogP contribution is -2.55. The number of halogens is 1. The van der Waals surface area contributed by atoms with Crippen molar-refractivity contribution in [1.82, 2.24) is 10.2 Å². The predicted molar refractivity (Wildman–Crippen MR) is 112 cm³/mol. The zero-order chi connectivity index (χ0) is 22.4. The highest BCUT2D eigenvalue weighted by molar-refractivity contribution is 6.63. The van der Waals surface area contributed by atoms with Crippen molar-refractivity contribution in [3.63, 3.8) is 0 Å². The minimum atomic E-state index is -0.868. The second kappa shape index (κ2) is 10.0. The minimum absolute atomic E-state index is 0.0649. The van der Waals surface area contributed by atoms with Crippen LogP contribution in [0.3, 0.4) is 0 Å². The summed E-state index contributed by atoms with van der Waals surface area (Å²) >= 11 is 5.68. The summed E-state index contributed by atoms with van der Waals surface area (Å²) in [5.74, 6) is -0.896. The van der Waals surface area contributed by atoms with E-state index < -0.39 is 22.3 Å². The zero-order valence-corrected chi connectivity index (χ0v) is 17.2. The fourth-order valence-electron chi connectivity index (χ4n) is 3.35. The quantitative estimate of drug-likeness (QED) is 0.239. The minimum Gasteiger partial charge on any atom is -0.459 e. The molecule has 0 saturated carbocycles. The van der Waals surface area contributed by atoms with Crippen molar-refractivity contribution < 1.29 is 24.0 Å². The summed E-state index contributed by atoms with van der Waals surface area (Å²) in [6, 6.07) is 13.1. The van der Waals surface area contributed by atoms with Crippen molar-refractivity contribution in [2.45, 2.75) is 31.5 Å². The van der Waals surface area contributed by atoms with Crippen molar-refractivity contribution >= 4 is 34.5 Å². The highest BCUT2D eigenvalue weighted by Crippen LogP contribution is 2.22. The number of carbonyl (C=O) groups excluding carboxylic acids is 3. The second-order valence-electron chi connectivity index (χ2n) is 7.07. The predicted octanol–water partition coefficient (Wildman–Crippen LogP) is 3.26. The summed E-state index contributed by atoms with van der Waals surface area (Å²) in [5, 5.41) is 12.7. The van der Waals surface area contributed by atoms with Gasteiger partial charge in [-0.05, 0) is 54.3 Å². The normalized spacial score (nSPS) is 18.2. The number of ether oxygens (including phenoxy) is 1. The Morgan fingerprint density at radius 3 is 2.39 bits per heavy atom. The van der Waals surface area contributed by atoms with Gasteiger partial charge in [0.2, 0.25) is 0 Å². The zero-order valence-electron chi connectivity index (χ0n) is 16.4. The van der Waals surface area contributed by atoms with E-state index in [1.165, 1.54) is 29.2 Å². The molecule has 162 valence electrons. The van der Waals surface area contributed by atoms with Crippen LogP contribution in [-0.2, 0) is 16.1 Å². The van der Waals surface area contributed by atoms with Crippen molar-refractivity contribution in [1.29, 1.82) is 0 Å². The Bertz CT molecular complexity index is 967. The van der Waals surface area contributed by atoms with Gasteiger partial charge in [-0.1, -0.05) is 18.2 Å². The molecule has 10 heteroatoms. The first-order valence-corrected chi connectivity index (χ1v) is 9.95. The van der Waals surface area contributed by atoms with Crippen molar-refractivity contribution in [2.24, 2.45) is 0 Å². The summed E-state index contributed by atoms with van der Waals surface area (Å²) in [6.45, 7) is -0.00990. The molecule has 0 radical (unpaired) electrons. The van der Waals surface area contributed by atoms with Gasteiger partial charge in [0.05, 0.1) is 4.92 Å². The van der Waals surface area contributed by atoms with Crippen LogP contribution in [0.5, 0.6) is 0 Å². The number of hydrogen-bond donors (Lipinski definition) is 1. The number of nitro groups is 1. The molecular formula is C21H20ClN3O6. The first-order chi connectivity index (χ1) is 14.8. The van der Waals surface area contributed by atoms with Crippen LogP contribution < -0.4 is 5.32 Å². The highest BCUT2D eigenvalue weighted by atomic mass is 35.5. The Labute approximate surface area is 183 Å². The Kier molecular flexibility index (Phi) is 7.19. The maximum Gasteiger partial charge on any atom is 0.329 e. The average molecular weight is 446 g/mol. The SMILES string of the molecule is O=C(N[C@H]1CC[C@H](C(=O)OCc2ccc([N+](=O)[O-])cc2)N(C(=O)Cl)C1)c1ccccc1. The molecule has 31 heavy (non-hydrogen) atoms. The summed E-state index contributed by atoms with van der Waals surface area (Å²) in [6.07, 6.45) is 0.744. The van der Waals surface area contributed by atoms with Gasteiger partial charge < -0.3 is 15.0 Å². The van der Waals surface area contributed by atoms with Gasteiger partial charge >= 0.3 is 11.3 Å². The monoisotopic (exact) mass is 445 g/mol. The van der Waals surface area contributed by atoms with Crippen molar-refractivity contribution in [2.75, 3.05) is 6.54 Å². The molecular weight excluding hydrogens is 426 g/mol. The summed E-state index contributed by atoms with van der Waals surface area (Å²) in [4.78, 5) is 48.2. The largest absolute Gasteiger partial charge is 0.459 e. The molecule has 1 aliphatic rings. The molecule has 2 amide bonds. The molecule has 2 aromatic carbocycles. The fourth-order valence-corrected chi connectivity index (χ4v) is 3.54. The Hall–Kier alpha value is -3.46. The van der Waals surface area contributed by atoms with Crippen LogP contribution in [0.1, 0.15) is 28.8 Å². The number of carbonyl (C=O) groups is 3. The third-order valence-corrected chi connectivity index (χ3v) is 5.20. The van der Waals surface area contributed by atoms with Crippen LogP contribution in [0, 0.1) is 10.1 Å². The van der Waals surface area contributed by atoms with E-state index in [1.807, 2.05) is 0 Å². The Morgan fingerprint density at radius 2 is 1.77 bits per heavy atom. The lowest BCUT2D eigenvalue weighted by Gasteiger charge is -2.37. The number of esters is 1. The number of benzene rings is 2. The molecule has 2 aromatic rings. The second-order valence-corrected chi connectivity index (χ2v) is 7.39. The molecule has 1 aliphatic heterocycles. The molecule has 0 aliphatic carbocycles. The number of piperidine rings is 1. The number of amides is 2. The highest BCUT2D eigenvalue weighted by Gasteiger charge is 2.37. The number of rotatable bonds is 6. The topological polar surface area (TPSA) is 119 Å². The fraction of sp³-hybridized carbons (Fsp3) is 0.286. The third kappa shape index (κ3) is 5.79. The van der Waals surface area contributed by atoms with E-state index in [0.29, 0.717) is 17.5 Å². The first kappa shape index (κ1) is 22.2. The number of likely N-dealkylation sites (tertiary alicyclic amines) is 1. The van der Waals surface area contributed by atoms with E-state index >= 15 is 0 Å². The van der Waals surface area contributed by atoms with Gasteiger partial charge in [-0.25, -0.2) is 4.79 Å². The maximum atomic E-state index is 12.5. The van der Waals surface area contributed by atoms with Gasteiger partial charge in [0.25, 0.3) is 11.6 Å². The molecule has 1 heterocycles.